The van der Waals surface area contributed by atoms with Crippen molar-refractivity contribution >= 4 is 39.2 Å². The molecule has 0 heterocycles. The Morgan fingerprint density at radius 3 is 0.789 bits per heavy atom. The van der Waals surface area contributed by atoms with Crippen LogP contribution in [0.25, 0.3) is 0 Å². The third-order valence-corrected chi connectivity index (χ3v) is 8.05. The van der Waals surface area contributed by atoms with Gasteiger partial charge >= 0.3 is 0 Å². The summed E-state index contributed by atoms with van der Waals surface area (Å²) in [6.07, 6.45) is 8.51. The lowest BCUT2D eigenvalue weighted by molar-refractivity contribution is 0.509. The molecule has 19 heavy (non-hydrogen) atoms. The molecule has 0 aromatic carbocycles. The Hall–Kier alpha value is 1.06. The highest BCUT2D eigenvalue weighted by Gasteiger charge is 1.94. The highest BCUT2D eigenvalue weighted by Crippen LogP contribution is 2.32. The fourth-order valence-corrected chi connectivity index (χ4v) is 4.02. The van der Waals surface area contributed by atoms with Crippen molar-refractivity contribution < 1.29 is 13.0 Å². The van der Waals surface area contributed by atoms with E-state index in [1.165, 1.54) is 37.0 Å². The summed E-state index contributed by atoms with van der Waals surface area (Å²) >= 11 is 0. The predicted octanol–water partition coefficient (Wildman–Crippen LogP) is 4.55. The molecule has 0 aromatic heterocycles. The van der Waals surface area contributed by atoms with E-state index in [0.717, 1.165) is 0 Å². The minimum Gasteiger partial charge on any atom is -0.288 e. The van der Waals surface area contributed by atoms with Crippen LogP contribution in [0.2, 0.25) is 0 Å². The summed E-state index contributed by atoms with van der Waals surface area (Å²) in [5.74, 6) is 0. The second-order valence-corrected chi connectivity index (χ2v) is 10.4. The van der Waals surface area contributed by atoms with Crippen LogP contribution in [-0.4, -0.2) is 49.9 Å². The second-order valence-electron chi connectivity index (χ2n) is 3.48. The maximum Gasteiger partial charge on any atom is 0.254 e. The maximum atomic E-state index is 8.59. The largest absolute Gasteiger partial charge is 0.288 e. The van der Waals surface area contributed by atoms with E-state index in [0.29, 0.717) is 15.8 Å². The molecule has 0 unspecified atom stereocenters. The molecule has 1 N–H and O–H groups in total. The molecule has 0 rings (SSSR count). The van der Waals surface area contributed by atoms with Gasteiger partial charge in [-0.2, -0.15) is 0 Å². The van der Waals surface area contributed by atoms with Crippen LogP contribution < -0.4 is 0 Å². The van der Waals surface area contributed by atoms with Crippen LogP contribution in [0.1, 0.15) is 41.5 Å². The van der Waals surface area contributed by atoms with Gasteiger partial charge in [0.1, 0.15) is 0 Å². The summed E-state index contributed by atoms with van der Waals surface area (Å²) in [5, 5.41) is 0. The third kappa shape index (κ3) is 32.5. The maximum absolute atomic E-state index is 8.59. The van der Waals surface area contributed by atoms with E-state index in [1.54, 1.807) is 0 Å². The van der Waals surface area contributed by atoms with Gasteiger partial charge in [-0.1, -0.05) is 41.5 Å². The molecule has 0 saturated heterocycles. The Kier molecular flexibility index (Phi) is 35.8. The third-order valence-electron chi connectivity index (χ3n) is 2.68. The standard InChI is InChI=1S/2C6H15P.ClH.H2O3S/c2*1-4-7(5-2)6-3;;1-4(2)3/h2*4-6H2,1-3H3;1H;4H,(H,1,2,3). The SMILES string of the molecule is CCP(CC)CC.CCP(CC)CC.Cl.O=[SH](=O)O. The molecule has 122 valence electrons. The summed E-state index contributed by atoms with van der Waals surface area (Å²) in [7, 11) is -2.23. The van der Waals surface area contributed by atoms with Crippen molar-refractivity contribution in [1.29, 1.82) is 0 Å². The molecular formula is C12H33ClO3P2S. The molecule has 0 spiro atoms. The van der Waals surface area contributed by atoms with Crippen molar-refractivity contribution in [3.05, 3.63) is 0 Å². The van der Waals surface area contributed by atoms with Gasteiger partial charge in [0, 0.05) is 0 Å². The lowest BCUT2D eigenvalue weighted by atomic mass is 10.9. The Balaban J connectivity index is -0.0000000900. The van der Waals surface area contributed by atoms with Gasteiger partial charge in [-0.05, 0) is 37.0 Å². The van der Waals surface area contributed by atoms with Gasteiger partial charge < -0.3 is 0 Å². The second kappa shape index (κ2) is 24.1. The molecule has 0 aliphatic carbocycles. The van der Waals surface area contributed by atoms with Crippen LogP contribution >= 0.6 is 28.3 Å². The molecule has 0 bridgehead atoms. The first-order chi connectivity index (χ1) is 8.42. The highest BCUT2D eigenvalue weighted by atomic mass is 35.5. The van der Waals surface area contributed by atoms with Gasteiger partial charge in [0.15, 0.2) is 0 Å². The predicted molar refractivity (Wildman–Crippen MR) is 97.3 cm³/mol. The summed E-state index contributed by atoms with van der Waals surface area (Å²) in [4.78, 5) is 0. The molecule has 0 fully saturated rings. The minimum absolute atomic E-state index is 0. The van der Waals surface area contributed by atoms with Crippen molar-refractivity contribution in [3.8, 4) is 0 Å². The Bertz CT molecular complexity index is 178. The zero-order valence-corrected chi connectivity index (χ0v) is 16.8. The molecule has 0 saturated carbocycles. The lowest BCUT2D eigenvalue weighted by Crippen LogP contribution is -1.83. The molecule has 3 nitrogen and oxygen atoms in total. The first-order valence-corrected chi connectivity index (χ1v) is 11.6. The Morgan fingerprint density at radius 2 is 0.789 bits per heavy atom. The fraction of sp³-hybridized carbons (Fsp3) is 1.00. The van der Waals surface area contributed by atoms with Crippen LogP contribution in [0.5, 0.6) is 0 Å². The Labute approximate surface area is 131 Å². The van der Waals surface area contributed by atoms with Crippen LogP contribution in [0, 0.1) is 0 Å². The van der Waals surface area contributed by atoms with E-state index in [4.69, 9.17) is 13.0 Å². The fourth-order valence-electron chi connectivity index (χ4n) is 1.34. The number of thiol groups is 1. The van der Waals surface area contributed by atoms with Gasteiger partial charge in [-0.3, -0.25) is 4.55 Å². The van der Waals surface area contributed by atoms with Gasteiger partial charge in [0.05, 0.1) is 0 Å². The van der Waals surface area contributed by atoms with Crippen molar-refractivity contribution in [2.24, 2.45) is 0 Å². The first-order valence-electron chi connectivity index (χ1n) is 6.71. The quantitative estimate of drug-likeness (QED) is 0.418. The van der Waals surface area contributed by atoms with E-state index >= 15 is 0 Å². The van der Waals surface area contributed by atoms with Crippen molar-refractivity contribution in [3.63, 3.8) is 0 Å². The minimum atomic E-state index is -3.12. The van der Waals surface area contributed by atoms with Gasteiger partial charge in [-0.15, -0.1) is 28.3 Å². The van der Waals surface area contributed by atoms with E-state index < -0.39 is 11.0 Å². The van der Waals surface area contributed by atoms with Crippen molar-refractivity contribution in [2.45, 2.75) is 41.5 Å². The zero-order valence-electron chi connectivity index (χ0n) is 13.3. The summed E-state index contributed by atoms with van der Waals surface area (Å²) in [6.45, 7) is 13.7. The number of hydrogen-bond acceptors (Lipinski definition) is 2. The average molecular weight is 355 g/mol. The molecule has 0 aromatic rings. The molecule has 0 amide bonds. The molecule has 0 aliphatic heterocycles. The summed E-state index contributed by atoms with van der Waals surface area (Å²) in [6, 6.07) is 0. The van der Waals surface area contributed by atoms with Crippen LogP contribution in [-0.2, 0) is 11.0 Å². The molecule has 7 heteroatoms. The zero-order chi connectivity index (χ0) is 15.0. The topological polar surface area (TPSA) is 54.4 Å². The first kappa shape index (κ1) is 28.3. The van der Waals surface area contributed by atoms with E-state index in [-0.39, 0.29) is 12.4 Å². The monoisotopic (exact) mass is 354 g/mol. The molecule has 0 aliphatic rings. The highest BCUT2D eigenvalue weighted by molar-refractivity contribution is 7.66. The van der Waals surface area contributed by atoms with Crippen molar-refractivity contribution in [2.75, 3.05) is 37.0 Å². The van der Waals surface area contributed by atoms with Crippen LogP contribution in [0.4, 0.5) is 0 Å². The normalized spacial score (nSPS) is 9.37. The summed E-state index contributed by atoms with van der Waals surface area (Å²) < 4.78 is 24.2. The van der Waals surface area contributed by atoms with E-state index in [9.17, 15) is 0 Å². The van der Waals surface area contributed by atoms with Gasteiger partial charge in [0.25, 0.3) is 11.0 Å². The average Bonchev–Trinajstić information content (AvgIpc) is 2.34. The van der Waals surface area contributed by atoms with E-state index in [1.807, 2.05) is 0 Å². The van der Waals surface area contributed by atoms with Crippen LogP contribution in [0.15, 0.2) is 0 Å². The molecule has 0 radical (unpaired) electrons. The van der Waals surface area contributed by atoms with E-state index in [2.05, 4.69) is 41.5 Å². The number of rotatable bonds is 6. The number of halogens is 1. The van der Waals surface area contributed by atoms with Crippen molar-refractivity contribution in [1.82, 2.24) is 0 Å². The Morgan fingerprint density at radius 1 is 0.684 bits per heavy atom. The molecule has 0 atom stereocenters. The van der Waals surface area contributed by atoms with Gasteiger partial charge in [-0.25, -0.2) is 8.42 Å². The smallest absolute Gasteiger partial charge is 0.254 e. The van der Waals surface area contributed by atoms with Crippen LogP contribution in [0.3, 0.4) is 0 Å². The van der Waals surface area contributed by atoms with Gasteiger partial charge in [0.2, 0.25) is 0 Å². The molecular weight excluding hydrogens is 322 g/mol. The lowest BCUT2D eigenvalue weighted by Gasteiger charge is -2.07. The summed E-state index contributed by atoms with van der Waals surface area (Å²) in [5.41, 5.74) is 0. The number of hydrogen-bond donors (Lipinski definition) is 2.